The Morgan fingerprint density at radius 2 is 1.85 bits per heavy atom. The van der Waals surface area contributed by atoms with Crippen LogP contribution in [0.4, 0.5) is 5.00 Å². The number of rotatable bonds is 8. The highest BCUT2D eigenvalue weighted by Crippen LogP contribution is 2.33. The SMILES string of the molecule is CCOC(=O)Cn1cc(/C=C(\C#N)C(=O)Nc2sc(C)c(C)c2C(=O)OCC)c2ccccc21. The number of benzene rings is 1. The summed E-state index contributed by atoms with van der Waals surface area (Å²) in [5.41, 5.74) is 2.26. The van der Waals surface area contributed by atoms with Crippen molar-refractivity contribution >= 4 is 51.2 Å². The molecule has 1 amide bonds. The third-order valence-corrected chi connectivity index (χ3v) is 6.30. The van der Waals surface area contributed by atoms with E-state index in [1.54, 1.807) is 31.5 Å². The van der Waals surface area contributed by atoms with Crippen molar-refractivity contribution in [3.05, 3.63) is 57.6 Å². The fourth-order valence-corrected chi connectivity index (χ4v) is 4.55. The number of aromatic nitrogens is 1. The van der Waals surface area contributed by atoms with Crippen LogP contribution in [0.3, 0.4) is 0 Å². The predicted octanol–water partition coefficient (Wildman–Crippen LogP) is 4.61. The molecule has 0 saturated heterocycles. The lowest BCUT2D eigenvalue weighted by Gasteiger charge is -2.06. The molecule has 0 atom stereocenters. The van der Waals surface area contributed by atoms with E-state index >= 15 is 0 Å². The lowest BCUT2D eigenvalue weighted by atomic mass is 10.1. The van der Waals surface area contributed by atoms with Gasteiger partial charge in [0.15, 0.2) is 0 Å². The van der Waals surface area contributed by atoms with E-state index in [0.29, 0.717) is 16.1 Å². The molecule has 0 aliphatic carbocycles. The normalized spacial score (nSPS) is 11.2. The Hall–Kier alpha value is -3.90. The smallest absolute Gasteiger partial charge is 0.341 e. The van der Waals surface area contributed by atoms with Gasteiger partial charge in [-0.3, -0.25) is 9.59 Å². The zero-order valence-electron chi connectivity index (χ0n) is 19.4. The van der Waals surface area contributed by atoms with Gasteiger partial charge in [-0.1, -0.05) is 18.2 Å². The molecular formula is C25H25N3O5S. The van der Waals surface area contributed by atoms with Crippen LogP contribution >= 0.6 is 11.3 Å². The van der Waals surface area contributed by atoms with E-state index in [1.807, 2.05) is 37.3 Å². The maximum Gasteiger partial charge on any atom is 0.341 e. The van der Waals surface area contributed by atoms with Gasteiger partial charge >= 0.3 is 11.9 Å². The second-order valence-corrected chi connectivity index (χ2v) is 8.59. The number of esters is 2. The number of amides is 1. The number of nitrogens with zero attached hydrogens (tertiary/aromatic N) is 2. The quantitative estimate of drug-likeness (QED) is 0.287. The number of fused-ring (bicyclic) bond motifs is 1. The molecule has 0 bridgehead atoms. The largest absolute Gasteiger partial charge is 0.465 e. The standard InChI is InChI=1S/C25H25N3O5S/c1-5-32-21(29)14-28-13-18(19-9-7-8-10-20(19)28)11-17(12-26)23(30)27-24-22(25(31)33-6-2)15(3)16(4)34-24/h7-11,13H,5-6,14H2,1-4H3,(H,27,30)/b17-11+. The van der Waals surface area contributed by atoms with Crippen molar-refractivity contribution in [2.75, 3.05) is 18.5 Å². The van der Waals surface area contributed by atoms with Gasteiger partial charge in [-0.2, -0.15) is 5.26 Å². The second kappa shape index (κ2) is 10.8. The first-order valence-electron chi connectivity index (χ1n) is 10.7. The molecular weight excluding hydrogens is 454 g/mol. The van der Waals surface area contributed by atoms with E-state index in [2.05, 4.69) is 5.32 Å². The van der Waals surface area contributed by atoms with Crippen molar-refractivity contribution in [2.45, 2.75) is 34.2 Å². The van der Waals surface area contributed by atoms with E-state index in [0.717, 1.165) is 21.3 Å². The molecule has 2 heterocycles. The van der Waals surface area contributed by atoms with Crippen molar-refractivity contribution in [3.63, 3.8) is 0 Å². The predicted molar refractivity (Wildman–Crippen MR) is 131 cm³/mol. The summed E-state index contributed by atoms with van der Waals surface area (Å²) in [4.78, 5) is 38.3. The highest BCUT2D eigenvalue weighted by molar-refractivity contribution is 7.16. The van der Waals surface area contributed by atoms with Crippen molar-refractivity contribution in [1.82, 2.24) is 4.57 Å². The van der Waals surface area contributed by atoms with Gasteiger partial charge in [0, 0.05) is 27.5 Å². The molecule has 1 N–H and O–H groups in total. The first-order chi connectivity index (χ1) is 16.3. The molecule has 0 unspecified atom stereocenters. The summed E-state index contributed by atoms with van der Waals surface area (Å²) in [6.45, 7) is 7.57. The van der Waals surface area contributed by atoms with Crippen LogP contribution < -0.4 is 5.32 Å². The molecule has 2 aromatic heterocycles. The van der Waals surface area contributed by atoms with E-state index in [1.165, 1.54) is 17.4 Å². The molecule has 0 fully saturated rings. The number of anilines is 1. The molecule has 0 radical (unpaired) electrons. The molecule has 0 aliphatic rings. The molecule has 1 aromatic carbocycles. The molecule has 0 saturated carbocycles. The molecule has 9 heteroatoms. The number of carbonyl (C=O) groups excluding carboxylic acids is 3. The van der Waals surface area contributed by atoms with Crippen LogP contribution in [0.1, 0.15) is 40.2 Å². The van der Waals surface area contributed by atoms with Gasteiger partial charge in [-0.25, -0.2) is 4.79 Å². The van der Waals surface area contributed by atoms with Crippen LogP contribution in [-0.2, 0) is 25.6 Å². The summed E-state index contributed by atoms with van der Waals surface area (Å²) in [5, 5.41) is 13.5. The van der Waals surface area contributed by atoms with Crippen molar-refractivity contribution in [2.24, 2.45) is 0 Å². The zero-order valence-corrected chi connectivity index (χ0v) is 20.2. The summed E-state index contributed by atoms with van der Waals surface area (Å²) < 4.78 is 11.9. The molecule has 8 nitrogen and oxygen atoms in total. The molecule has 176 valence electrons. The third-order valence-electron chi connectivity index (χ3n) is 5.18. The van der Waals surface area contributed by atoms with Crippen LogP contribution in [0.25, 0.3) is 17.0 Å². The molecule has 34 heavy (non-hydrogen) atoms. The van der Waals surface area contributed by atoms with Crippen LogP contribution in [0.5, 0.6) is 0 Å². The van der Waals surface area contributed by atoms with Crippen LogP contribution in [-0.4, -0.2) is 35.6 Å². The van der Waals surface area contributed by atoms with Gasteiger partial charge in [-0.05, 0) is 45.4 Å². The Morgan fingerprint density at radius 3 is 2.53 bits per heavy atom. The third kappa shape index (κ3) is 5.18. The Kier molecular flexibility index (Phi) is 7.87. The maximum atomic E-state index is 13.0. The average molecular weight is 480 g/mol. The second-order valence-electron chi connectivity index (χ2n) is 7.37. The Bertz CT molecular complexity index is 1330. The Labute approximate surface area is 201 Å². The zero-order chi connectivity index (χ0) is 24.8. The molecule has 3 aromatic rings. The number of carbonyl (C=O) groups is 3. The topological polar surface area (TPSA) is 110 Å². The number of nitriles is 1. The number of ether oxygens (including phenoxy) is 2. The van der Waals surface area contributed by atoms with Gasteiger partial charge in [-0.15, -0.1) is 11.3 Å². The van der Waals surface area contributed by atoms with Crippen molar-refractivity contribution in [3.8, 4) is 6.07 Å². The summed E-state index contributed by atoms with van der Waals surface area (Å²) >= 11 is 1.25. The van der Waals surface area contributed by atoms with Crippen LogP contribution in [0.15, 0.2) is 36.0 Å². The number of hydrogen-bond acceptors (Lipinski definition) is 7. The van der Waals surface area contributed by atoms with Gasteiger partial charge in [0.05, 0.1) is 18.8 Å². The minimum absolute atomic E-state index is 0.00687. The van der Waals surface area contributed by atoms with E-state index in [-0.39, 0.29) is 31.3 Å². The molecule has 0 spiro atoms. The number of hydrogen-bond donors (Lipinski definition) is 1. The van der Waals surface area contributed by atoms with Gasteiger partial charge in [0.2, 0.25) is 0 Å². The van der Waals surface area contributed by atoms with Crippen molar-refractivity contribution < 1.29 is 23.9 Å². The summed E-state index contributed by atoms with van der Waals surface area (Å²) in [7, 11) is 0. The molecule has 0 aliphatic heterocycles. The fourth-order valence-electron chi connectivity index (χ4n) is 3.51. The monoisotopic (exact) mass is 479 g/mol. The lowest BCUT2D eigenvalue weighted by molar-refractivity contribution is -0.143. The van der Waals surface area contributed by atoms with Crippen LogP contribution in [0, 0.1) is 25.2 Å². The minimum Gasteiger partial charge on any atom is -0.465 e. The number of nitrogens with one attached hydrogen (secondary N) is 1. The van der Waals surface area contributed by atoms with E-state index in [9.17, 15) is 19.6 Å². The molecule has 3 rings (SSSR count). The number of para-hydroxylation sites is 1. The Balaban J connectivity index is 1.96. The van der Waals surface area contributed by atoms with Crippen LogP contribution in [0.2, 0.25) is 0 Å². The lowest BCUT2D eigenvalue weighted by Crippen LogP contribution is -2.16. The van der Waals surface area contributed by atoms with Crippen molar-refractivity contribution in [1.29, 1.82) is 5.26 Å². The van der Waals surface area contributed by atoms with Gasteiger partial charge < -0.3 is 19.4 Å². The summed E-state index contributed by atoms with van der Waals surface area (Å²) in [6, 6.07) is 9.31. The fraction of sp³-hybridized carbons (Fsp3) is 0.280. The van der Waals surface area contributed by atoms with Gasteiger partial charge in [0.1, 0.15) is 23.2 Å². The number of thiophene rings is 1. The summed E-state index contributed by atoms with van der Waals surface area (Å²) in [6.07, 6.45) is 3.17. The minimum atomic E-state index is -0.642. The average Bonchev–Trinajstić information content (AvgIpc) is 3.28. The Morgan fingerprint density at radius 1 is 1.15 bits per heavy atom. The number of aryl methyl sites for hydroxylation is 1. The van der Waals surface area contributed by atoms with E-state index in [4.69, 9.17) is 9.47 Å². The maximum absolute atomic E-state index is 13.0. The first-order valence-corrected chi connectivity index (χ1v) is 11.6. The van der Waals surface area contributed by atoms with Gasteiger partial charge in [0.25, 0.3) is 5.91 Å². The highest BCUT2D eigenvalue weighted by atomic mass is 32.1. The highest BCUT2D eigenvalue weighted by Gasteiger charge is 2.23. The van der Waals surface area contributed by atoms with E-state index < -0.39 is 11.9 Å². The first kappa shape index (κ1) is 24.7. The summed E-state index contributed by atoms with van der Waals surface area (Å²) in [5.74, 6) is -1.55.